The van der Waals surface area contributed by atoms with E-state index in [4.69, 9.17) is 5.73 Å². The van der Waals surface area contributed by atoms with Crippen LogP contribution in [-0.2, 0) is 6.54 Å². The lowest BCUT2D eigenvalue weighted by Gasteiger charge is -2.16. The molecule has 1 amide bonds. The number of rotatable bonds is 3. The van der Waals surface area contributed by atoms with Gasteiger partial charge in [0.15, 0.2) is 0 Å². The van der Waals surface area contributed by atoms with Gasteiger partial charge in [0.2, 0.25) is 0 Å². The summed E-state index contributed by atoms with van der Waals surface area (Å²) in [6, 6.07) is 9.21. The molecule has 0 aliphatic rings. The Morgan fingerprint density at radius 3 is 2.74 bits per heavy atom. The van der Waals surface area contributed by atoms with Crippen molar-refractivity contribution in [3.8, 4) is 0 Å². The number of hydrogen-bond acceptors (Lipinski definition) is 3. The maximum atomic E-state index is 13.1. The van der Waals surface area contributed by atoms with Crippen LogP contribution < -0.4 is 10.6 Å². The number of pyridine rings is 1. The molecule has 2 rings (SSSR count). The molecule has 2 N–H and O–H groups in total. The van der Waals surface area contributed by atoms with Gasteiger partial charge in [0.05, 0.1) is 0 Å². The van der Waals surface area contributed by atoms with Crippen molar-refractivity contribution < 1.29 is 9.18 Å². The van der Waals surface area contributed by atoms with Crippen molar-refractivity contribution in [3.63, 3.8) is 0 Å². The molecule has 98 valence electrons. The average Bonchev–Trinajstić information content (AvgIpc) is 2.46. The Hall–Kier alpha value is -2.27. The fourth-order valence-corrected chi connectivity index (χ4v) is 1.65. The molecule has 1 aromatic heterocycles. The molecule has 19 heavy (non-hydrogen) atoms. The Balaban J connectivity index is 2.23. The highest BCUT2D eigenvalue weighted by atomic mass is 19.1. The van der Waals surface area contributed by atoms with Gasteiger partial charge in [0.25, 0.3) is 5.91 Å². The zero-order valence-electron chi connectivity index (χ0n) is 10.5. The van der Waals surface area contributed by atoms with E-state index in [1.54, 1.807) is 37.5 Å². The summed E-state index contributed by atoms with van der Waals surface area (Å²) in [5.41, 5.74) is 7.09. The normalized spacial score (nSPS) is 10.3. The van der Waals surface area contributed by atoms with Crippen molar-refractivity contribution in [1.82, 2.24) is 4.98 Å². The molecule has 0 fully saturated rings. The third-order valence-electron chi connectivity index (χ3n) is 2.78. The molecule has 0 saturated carbocycles. The molecular formula is C14H14FN3O. The molecule has 0 unspecified atom stereocenters. The van der Waals surface area contributed by atoms with Gasteiger partial charge >= 0.3 is 0 Å². The average molecular weight is 259 g/mol. The summed E-state index contributed by atoms with van der Waals surface area (Å²) >= 11 is 0. The van der Waals surface area contributed by atoms with Crippen LogP contribution in [0.1, 0.15) is 16.1 Å². The van der Waals surface area contributed by atoms with E-state index in [0.29, 0.717) is 17.9 Å². The monoisotopic (exact) mass is 259 g/mol. The topological polar surface area (TPSA) is 59.2 Å². The van der Waals surface area contributed by atoms with Crippen molar-refractivity contribution in [3.05, 3.63) is 59.7 Å². The standard InChI is InChI=1S/C14H14FN3O/c1-18(12-4-2-3-11(15)7-12)14(19)13-6-5-10(8-16)9-17-13/h2-7,9H,8,16H2,1H3. The zero-order chi connectivity index (χ0) is 13.8. The predicted molar refractivity (Wildman–Crippen MR) is 71.3 cm³/mol. The number of carbonyl (C=O) groups excluding carboxylic acids is 1. The summed E-state index contributed by atoms with van der Waals surface area (Å²) in [5.74, 6) is -0.683. The lowest BCUT2D eigenvalue weighted by atomic mass is 10.2. The molecule has 0 saturated heterocycles. The van der Waals surface area contributed by atoms with E-state index in [-0.39, 0.29) is 11.7 Å². The van der Waals surface area contributed by atoms with Crippen LogP contribution in [0, 0.1) is 5.82 Å². The van der Waals surface area contributed by atoms with Crippen LogP contribution in [0.2, 0.25) is 0 Å². The Kier molecular flexibility index (Phi) is 3.87. The molecule has 4 nitrogen and oxygen atoms in total. The number of aromatic nitrogens is 1. The molecule has 0 bridgehead atoms. The highest BCUT2D eigenvalue weighted by Gasteiger charge is 2.14. The first-order valence-corrected chi connectivity index (χ1v) is 5.80. The first-order chi connectivity index (χ1) is 9.11. The highest BCUT2D eigenvalue weighted by molar-refractivity contribution is 6.04. The van der Waals surface area contributed by atoms with E-state index in [1.165, 1.54) is 17.0 Å². The molecule has 2 aromatic rings. The molecule has 1 heterocycles. The zero-order valence-corrected chi connectivity index (χ0v) is 10.5. The van der Waals surface area contributed by atoms with Crippen molar-refractivity contribution in [2.24, 2.45) is 5.73 Å². The minimum atomic E-state index is -0.386. The van der Waals surface area contributed by atoms with Crippen LogP contribution in [-0.4, -0.2) is 17.9 Å². The molecular weight excluding hydrogens is 245 g/mol. The molecule has 5 heteroatoms. The van der Waals surface area contributed by atoms with Gasteiger partial charge in [-0.15, -0.1) is 0 Å². The van der Waals surface area contributed by atoms with Crippen molar-refractivity contribution >= 4 is 11.6 Å². The summed E-state index contributed by atoms with van der Waals surface area (Å²) in [6.45, 7) is 0.376. The van der Waals surface area contributed by atoms with Crippen LogP contribution in [0.15, 0.2) is 42.6 Å². The number of anilines is 1. The van der Waals surface area contributed by atoms with Gasteiger partial charge in [-0.25, -0.2) is 4.39 Å². The fourth-order valence-electron chi connectivity index (χ4n) is 1.65. The maximum Gasteiger partial charge on any atom is 0.276 e. The quantitative estimate of drug-likeness (QED) is 0.916. The first-order valence-electron chi connectivity index (χ1n) is 5.80. The minimum Gasteiger partial charge on any atom is -0.326 e. The molecule has 0 aliphatic heterocycles. The summed E-state index contributed by atoms with van der Waals surface area (Å²) < 4.78 is 13.1. The van der Waals surface area contributed by atoms with E-state index in [0.717, 1.165) is 5.56 Å². The van der Waals surface area contributed by atoms with Gasteiger partial charge in [0.1, 0.15) is 11.5 Å². The SMILES string of the molecule is CN(C(=O)c1ccc(CN)cn1)c1cccc(F)c1. The van der Waals surface area contributed by atoms with Gasteiger partial charge in [-0.05, 0) is 29.8 Å². The Morgan fingerprint density at radius 2 is 2.16 bits per heavy atom. The lowest BCUT2D eigenvalue weighted by Crippen LogP contribution is -2.27. The minimum absolute atomic E-state index is 0.295. The second kappa shape index (κ2) is 5.58. The summed E-state index contributed by atoms with van der Waals surface area (Å²) in [5, 5.41) is 0. The number of halogens is 1. The first kappa shape index (κ1) is 13.2. The second-order valence-electron chi connectivity index (χ2n) is 4.10. The van der Waals surface area contributed by atoms with Crippen LogP contribution in [0.5, 0.6) is 0 Å². The van der Waals surface area contributed by atoms with Crippen LogP contribution >= 0.6 is 0 Å². The van der Waals surface area contributed by atoms with Crippen LogP contribution in [0.4, 0.5) is 10.1 Å². The lowest BCUT2D eigenvalue weighted by molar-refractivity contribution is 0.0988. The highest BCUT2D eigenvalue weighted by Crippen LogP contribution is 2.16. The maximum absolute atomic E-state index is 13.1. The third kappa shape index (κ3) is 2.95. The van der Waals surface area contributed by atoms with Gasteiger partial charge in [-0.3, -0.25) is 9.78 Å². The Labute approximate surface area is 110 Å². The van der Waals surface area contributed by atoms with Crippen molar-refractivity contribution in [2.45, 2.75) is 6.54 Å². The number of amides is 1. The van der Waals surface area contributed by atoms with Gasteiger partial charge in [0, 0.05) is 25.5 Å². The largest absolute Gasteiger partial charge is 0.326 e. The fraction of sp³-hybridized carbons (Fsp3) is 0.143. The van der Waals surface area contributed by atoms with E-state index in [9.17, 15) is 9.18 Å². The molecule has 0 aliphatic carbocycles. The molecule has 0 spiro atoms. The number of nitrogens with zero attached hydrogens (tertiary/aromatic N) is 2. The summed E-state index contributed by atoms with van der Waals surface area (Å²) in [6.07, 6.45) is 1.56. The van der Waals surface area contributed by atoms with E-state index in [1.807, 2.05) is 0 Å². The Bertz CT molecular complexity index is 583. The van der Waals surface area contributed by atoms with Gasteiger partial charge in [-0.2, -0.15) is 0 Å². The second-order valence-corrected chi connectivity index (χ2v) is 4.10. The van der Waals surface area contributed by atoms with Crippen LogP contribution in [0.3, 0.4) is 0 Å². The van der Waals surface area contributed by atoms with Crippen molar-refractivity contribution in [1.29, 1.82) is 0 Å². The number of carbonyl (C=O) groups is 1. The third-order valence-corrected chi connectivity index (χ3v) is 2.78. The Morgan fingerprint density at radius 1 is 1.37 bits per heavy atom. The predicted octanol–water partition coefficient (Wildman–Crippen LogP) is 1.96. The number of benzene rings is 1. The summed E-state index contributed by atoms with van der Waals surface area (Å²) in [4.78, 5) is 17.6. The van der Waals surface area contributed by atoms with Gasteiger partial charge in [-0.1, -0.05) is 12.1 Å². The smallest absolute Gasteiger partial charge is 0.276 e. The molecule has 0 atom stereocenters. The molecule has 0 radical (unpaired) electrons. The number of nitrogens with two attached hydrogens (primary N) is 1. The van der Waals surface area contributed by atoms with Crippen molar-refractivity contribution in [2.75, 3.05) is 11.9 Å². The molecule has 1 aromatic carbocycles. The van der Waals surface area contributed by atoms with E-state index >= 15 is 0 Å². The van der Waals surface area contributed by atoms with Crippen LogP contribution in [0.25, 0.3) is 0 Å². The summed E-state index contributed by atoms with van der Waals surface area (Å²) in [7, 11) is 1.58. The van der Waals surface area contributed by atoms with E-state index < -0.39 is 0 Å². The van der Waals surface area contributed by atoms with E-state index in [2.05, 4.69) is 4.98 Å². The van der Waals surface area contributed by atoms with Gasteiger partial charge < -0.3 is 10.6 Å². The number of hydrogen-bond donors (Lipinski definition) is 1.